The molecular formula is C24H17ClN4O3S. The van der Waals surface area contributed by atoms with Crippen molar-refractivity contribution in [3.8, 4) is 0 Å². The fourth-order valence-corrected chi connectivity index (χ4v) is 5.23. The van der Waals surface area contributed by atoms with Crippen LogP contribution in [0.5, 0.6) is 0 Å². The second kappa shape index (κ2) is 8.38. The predicted octanol–water partition coefficient (Wildman–Crippen LogP) is 4.48. The minimum atomic E-state index is -0.472. The van der Waals surface area contributed by atoms with Crippen molar-refractivity contribution < 1.29 is 14.4 Å². The molecule has 0 N–H and O–H groups in total. The minimum Gasteiger partial charge on any atom is -0.282 e. The molecule has 3 amide bonds. The van der Waals surface area contributed by atoms with Crippen LogP contribution in [0.3, 0.4) is 0 Å². The Hall–Kier alpha value is -3.62. The summed E-state index contributed by atoms with van der Waals surface area (Å²) >= 11 is 7.54. The van der Waals surface area contributed by atoms with Crippen molar-refractivity contribution in [1.82, 2.24) is 14.9 Å². The maximum absolute atomic E-state index is 13.5. The summed E-state index contributed by atoms with van der Waals surface area (Å²) in [5.41, 5.74) is 3.11. The van der Waals surface area contributed by atoms with E-state index in [2.05, 4.69) is 9.97 Å². The van der Waals surface area contributed by atoms with E-state index in [1.165, 1.54) is 16.2 Å². The smallest absolute Gasteiger partial charge is 0.262 e. The van der Waals surface area contributed by atoms with Gasteiger partial charge in [0.1, 0.15) is 6.54 Å². The average molecular weight is 477 g/mol. The van der Waals surface area contributed by atoms with Crippen LogP contribution in [0.25, 0.3) is 10.2 Å². The lowest BCUT2D eigenvalue weighted by Gasteiger charge is -2.22. The van der Waals surface area contributed by atoms with Gasteiger partial charge in [0.25, 0.3) is 11.8 Å². The van der Waals surface area contributed by atoms with Gasteiger partial charge in [0.15, 0.2) is 5.13 Å². The van der Waals surface area contributed by atoms with Crippen LogP contribution in [0.2, 0.25) is 5.02 Å². The van der Waals surface area contributed by atoms with Crippen molar-refractivity contribution in [3.63, 3.8) is 0 Å². The summed E-state index contributed by atoms with van der Waals surface area (Å²) in [6.07, 6.45) is 3.29. The fourth-order valence-electron chi connectivity index (χ4n) is 3.79. The second-order valence-corrected chi connectivity index (χ2v) is 9.09. The summed E-state index contributed by atoms with van der Waals surface area (Å²) < 4.78 is 0.850. The number of thiazole rings is 1. The lowest BCUT2D eigenvalue weighted by atomic mass is 10.1. The third kappa shape index (κ3) is 3.88. The molecule has 1 aliphatic heterocycles. The van der Waals surface area contributed by atoms with E-state index in [4.69, 9.17) is 11.6 Å². The minimum absolute atomic E-state index is 0.219. The van der Waals surface area contributed by atoms with Gasteiger partial charge in [-0.1, -0.05) is 35.1 Å². The van der Waals surface area contributed by atoms with Gasteiger partial charge in [0.05, 0.1) is 27.9 Å². The molecule has 0 unspecified atom stereocenters. The zero-order chi connectivity index (χ0) is 23.1. The van der Waals surface area contributed by atoms with E-state index in [-0.39, 0.29) is 13.1 Å². The first-order chi connectivity index (χ1) is 15.9. The highest BCUT2D eigenvalue weighted by Crippen LogP contribution is 2.34. The standard InChI is InChI=1S/C24H17ClN4O3S/c1-14-10-16(25)11-19-21(14)27-24(33-19)28(12-15-6-8-26-9-7-15)20(30)13-29-22(31)17-4-2-3-5-18(17)23(29)32/h2-11H,12-13H2,1H3. The van der Waals surface area contributed by atoms with Gasteiger partial charge >= 0.3 is 0 Å². The van der Waals surface area contributed by atoms with Crippen LogP contribution in [0.1, 0.15) is 31.8 Å². The largest absolute Gasteiger partial charge is 0.282 e. The Labute approximate surface area is 198 Å². The molecule has 0 fully saturated rings. The maximum atomic E-state index is 13.5. The van der Waals surface area contributed by atoms with Gasteiger partial charge in [-0.2, -0.15) is 0 Å². The number of pyridine rings is 1. The van der Waals surface area contributed by atoms with Crippen molar-refractivity contribution in [1.29, 1.82) is 0 Å². The number of imide groups is 1. The van der Waals surface area contributed by atoms with Crippen molar-refractivity contribution in [3.05, 3.63) is 88.2 Å². The summed E-state index contributed by atoms with van der Waals surface area (Å²) in [5.74, 6) is -1.36. The molecule has 0 radical (unpaired) electrons. The van der Waals surface area contributed by atoms with Gasteiger partial charge in [-0.25, -0.2) is 4.98 Å². The number of carbonyl (C=O) groups is 3. The number of aryl methyl sites for hydroxylation is 1. The van der Waals surface area contributed by atoms with Crippen molar-refractivity contribution in [2.45, 2.75) is 13.5 Å². The van der Waals surface area contributed by atoms with E-state index in [1.807, 2.05) is 19.1 Å². The van der Waals surface area contributed by atoms with Crippen LogP contribution in [-0.4, -0.2) is 39.1 Å². The van der Waals surface area contributed by atoms with E-state index < -0.39 is 17.7 Å². The summed E-state index contributed by atoms with van der Waals surface area (Å²) in [4.78, 5) is 50.2. The number of rotatable bonds is 5. The quantitative estimate of drug-likeness (QED) is 0.396. The second-order valence-electron chi connectivity index (χ2n) is 7.64. The van der Waals surface area contributed by atoms with Gasteiger partial charge in [-0.05, 0) is 54.4 Å². The number of anilines is 1. The van der Waals surface area contributed by atoms with E-state index in [0.717, 1.165) is 26.2 Å². The van der Waals surface area contributed by atoms with Crippen LogP contribution in [0.4, 0.5) is 5.13 Å². The van der Waals surface area contributed by atoms with Gasteiger partial charge < -0.3 is 0 Å². The predicted molar refractivity (Wildman–Crippen MR) is 127 cm³/mol. The van der Waals surface area contributed by atoms with Gasteiger partial charge in [-0.3, -0.25) is 29.2 Å². The Morgan fingerprint density at radius 2 is 1.73 bits per heavy atom. The zero-order valence-corrected chi connectivity index (χ0v) is 19.1. The number of carbonyl (C=O) groups excluding carboxylic acids is 3. The molecule has 7 nitrogen and oxygen atoms in total. The van der Waals surface area contributed by atoms with Crippen LogP contribution in [0.15, 0.2) is 60.9 Å². The number of hydrogen-bond donors (Lipinski definition) is 0. The van der Waals surface area contributed by atoms with Crippen LogP contribution < -0.4 is 4.90 Å². The van der Waals surface area contributed by atoms with Crippen LogP contribution >= 0.6 is 22.9 Å². The van der Waals surface area contributed by atoms with Crippen LogP contribution in [-0.2, 0) is 11.3 Å². The molecule has 0 spiro atoms. The first-order valence-corrected chi connectivity index (χ1v) is 11.3. The highest BCUT2D eigenvalue weighted by Gasteiger charge is 2.37. The molecule has 9 heteroatoms. The van der Waals surface area contributed by atoms with E-state index >= 15 is 0 Å². The van der Waals surface area contributed by atoms with E-state index in [9.17, 15) is 14.4 Å². The third-order valence-corrected chi connectivity index (χ3v) is 6.68. The maximum Gasteiger partial charge on any atom is 0.262 e. The summed E-state index contributed by atoms with van der Waals surface area (Å²) in [5, 5.41) is 1.06. The lowest BCUT2D eigenvalue weighted by molar-refractivity contribution is -0.119. The molecule has 1 aliphatic rings. The number of nitrogens with zero attached hydrogens (tertiary/aromatic N) is 4. The van der Waals surface area contributed by atoms with Crippen molar-refractivity contribution in [2.75, 3.05) is 11.4 Å². The SMILES string of the molecule is Cc1cc(Cl)cc2sc(N(Cc3ccncc3)C(=O)CN3C(=O)c4ccccc4C3=O)nc12. The average Bonchev–Trinajstić information content (AvgIpc) is 3.33. The highest BCUT2D eigenvalue weighted by atomic mass is 35.5. The monoisotopic (exact) mass is 476 g/mol. The summed E-state index contributed by atoms with van der Waals surface area (Å²) in [7, 11) is 0. The Morgan fingerprint density at radius 1 is 1.06 bits per heavy atom. The molecule has 33 heavy (non-hydrogen) atoms. The third-order valence-electron chi connectivity index (χ3n) is 5.43. The molecule has 164 valence electrons. The van der Waals surface area contributed by atoms with Crippen molar-refractivity contribution in [2.24, 2.45) is 0 Å². The zero-order valence-electron chi connectivity index (χ0n) is 17.5. The number of halogens is 1. The molecule has 3 heterocycles. The molecule has 0 saturated heterocycles. The highest BCUT2D eigenvalue weighted by molar-refractivity contribution is 7.22. The van der Waals surface area contributed by atoms with Crippen LogP contribution in [0, 0.1) is 6.92 Å². The Bertz CT molecular complexity index is 1390. The number of aromatic nitrogens is 2. The van der Waals surface area contributed by atoms with Gasteiger partial charge in [-0.15, -0.1) is 0 Å². The number of fused-ring (bicyclic) bond motifs is 2. The summed E-state index contributed by atoms with van der Waals surface area (Å²) in [6.45, 7) is 1.75. The number of amides is 3. The molecule has 0 aliphatic carbocycles. The topological polar surface area (TPSA) is 83.5 Å². The molecule has 4 aromatic rings. The normalized spacial score (nSPS) is 13.0. The first kappa shape index (κ1) is 21.2. The first-order valence-electron chi connectivity index (χ1n) is 10.1. The van der Waals surface area contributed by atoms with E-state index in [0.29, 0.717) is 21.3 Å². The molecule has 0 saturated carbocycles. The van der Waals surface area contributed by atoms with Gasteiger partial charge in [0.2, 0.25) is 5.91 Å². The Balaban J connectivity index is 1.50. The van der Waals surface area contributed by atoms with Crippen molar-refractivity contribution >= 4 is 56.0 Å². The molecule has 2 aromatic heterocycles. The lowest BCUT2D eigenvalue weighted by Crippen LogP contribution is -2.42. The molecule has 0 bridgehead atoms. The summed E-state index contributed by atoms with van der Waals surface area (Å²) in [6, 6.07) is 13.8. The molecule has 0 atom stereocenters. The number of hydrogen-bond acceptors (Lipinski definition) is 6. The molecule has 5 rings (SSSR count). The van der Waals surface area contributed by atoms with Gasteiger partial charge in [0, 0.05) is 17.4 Å². The Kier molecular flexibility index (Phi) is 5.39. The molecule has 2 aromatic carbocycles. The molecular weight excluding hydrogens is 460 g/mol. The Morgan fingerprint density at radius 3 is 2.39 bits per heavy atom. The number of benzene rings is 2. The fraction of sp³-hybridized carbons (Fsp3) is 0.125. The van der Waals surface area contributed by atoms with E-state index in [1.54, 1.807) is 48.8 Å².